The summed E-state index contributed by atoms with van der Waals surface area (Å²) in [7, 11) is 0. The van der Waals surface area contributed by atoms with Gasteiger partial charge in [-0.2, -0.15) is 0 Å². The highest BCUT2D eigenvalue weighted by Gasteiger charge is 2.41. The van der Waals surface area contributed by atoms with Gasteiger partial charge in [0.2, 0.25) is 5.91 Å². The maximum Gasteiger partial charge on any atom is 0.241 e. The molecule has 0 aromatic heterocycles. The predicted octanol–water partition coefficient (Wildman–Crippen LogP) is 2.76. The maximum atomic E-state index is 12.5. The zero-order chi connectivity index (χ0) is 13.0. The van der Waals surface area contributed by atoms with Crippen LogP contribution < -0.4 is 5.32 Å². The summed E-state index contributed by atoms with van der Waals surface area (Å²) in [5.41, 5.74) is 0. The Kier molecular flexibility index (Phi) is 5.44. The molecule has 1 saturated heterocycles. The Bertz CT molecular complexity index is 249. The molecule has 3 heteroatoms. The predicted molar refractivity (Wildman–Crippen MR) is 71.7 cm³/mol. The minimum atomic E-state index is 0.0205. The summed E-state index contributed by atoms with van der Waals surface area (Å²) < 4.78 is 0. The molecule has 0 saturated carbocycles. The summed E-state index contributed by atoms with van der Waals surface area (Å²) in [6, 6.07) is 0.419. The van der Waals surface area contributed by atoms with Crippen molar-refractivity contribution in [1.29, 1.82) is 0 Å². The third-order valence-electron chi connectivity index (χ3n) is 3.79. The molecule has 17 heavy (non-hydrogen) atoms. The fourth-order valence-electron chi connectivity index (χ4n) is 2.76. The van der Waals surface area contributed by atoms with Gasteiger partial charge in [0.1, 0.15) is 0 Å². The van der Waals surface area contributed by atoms with Crippen LogP contribution in [0.1, 0.15) is 60.3 Å². The maximum absolute atomic E-state index is 12.5. The fraction of sp³-hybridized carbons (Fsp3) is 0.929. The second-order valence-electron chi connectivity index (χ2n) is 5.41. The van der Waals surface area contributed by atoms with Gasteiger partial charge in [0.15, 0.2) is 0 Å². The van der Waals surface area contributed by atoms with Crippen molar-refractivity contribution in [2.24, 2.45) is 5.92 Å². The smallest absolute Gasteiger partial charge is 0.241 e. The van der Waals surface area contributed by atoms with Gasteiger partial charge in [0.25, 0.3) is 0 Å². The number of amides is 1. The quantitative estimate of drug-likeness (QED) is 0.774. The number of carbonyl (C=O) groups excluding carboxylic acids is 1. The molecule has 2 atom stereocenters. The van der Waals surface area contributed by atoms with Gasteiger partial charge >= 0.3 is 0 Å². The van der Waals surface area contributed by atoms with Crippen molar-refractivity contribution >= 4 is 5.91 Å². The zero-order valence-electron chi connectivity index (χ0n) is 12.0. The molecule has 1 aliphatic heterocycles. The van der Waals surface area contributed by atoms with E-state index in [1.165, 1.54) is 0 Å². The van der Waals surface area contributed by atoms with E-state index in [-0.39, 0.29) is 12.2 Å². The minimum Gasteiger partial charge on any atom is -0.323 e. The Hall–Kier alpha value is -0.570. The molecule has 1 N–H and O–H groups in total. The molecule has 0 bridgehead atoms. The first-order valence-corrected chi connectivity index (χ1v) is 7.14. The lowest BCUT2D eigenvalue weighted by Gasteiger charge is -2.31. The van der Waals surface area contributed by atoms with Crippen LogP contribution in [0.15, 0.2) is 0 Å². The summed E-state index contributed by atoms with van der Waals surface area (Å²) in [4.78, 5) is 14.6. The summed E-state index contributed by atoms with van der Waals surface area (Å²) in [5, 5.41) is 3.52. The Balaban J connectivity index is 2.85. The minimum absolute atomic E-state index is 0.0205. The molecular weight excluding hydrogens is 212 g/mol. The van der Waals surface area contributed by atoms with Crippen LogP contribution in [0.2, 0.25) is 0 Å². The van der Waals surface area contributed by atoms with Crippen molar-refractivity contribution in [2.45, 2.75) is 78.6 Å². The van der Waals surface area contributed by atoms with Crippen LogP contribution in [-0.4, -0.2) is 29.1 Å². The molecule has 100 valence electrons. The largest absolute Gasteiger partial charge is 0.323 e. The lowest BCUT2D eigenvalue weighted by atomic mass is 10.0. The average molecular weight is 240 g/mol. The molecular formula is C14H28N2O. The molecule has 0 spiro atoms. The number of rotatable bonds is 6. The third-order valence-corrected chi connectivity index (χ3v) is 3.79. The van der Waals surface area contributed by atoms with E-state index in [0.717, 1.165) is 25.7 Å². The summed E-state index contributed by atoms with van der Waals surface area (Å²) in [5.74, 6) is 0.688. The first-order valence-electron chi connectivity index (χ1n) is 7.14. The monoisotopic (exact) mass is 240 g/mol. The Labute approximate surface area is 106 Å². The molecule has 1 amide bonds. The standard InChI is InChI=1S/C14H28N2O/c1-6-9-12-15-13(10(4)5)14(17)16(12)11(7-2)8-3/h10-13,15H,6-9H2,1-5H3. The number of hydrogen-bond acceptors (Lipinski definition) is 2. The van der Waals surface area contributed by atoms with Crippen molar-refractivity contribution in [3.8, 4) is 0 Å². The SMILES string of the molecule is CCCC1NC(C(C)C)C(=O)N1C(CC)CC. The van der Waals surface area contributed by atoms with E-state index in [1.54, 1.807) is 0 Å². The molecule has 1 heterocycles. The summed E-state index contributed by atoms with van der Waals surface area (Å²) >= 11 is 0. The van der Waals surface area contributed by atoms with Crippen molar-refractivity contribution in [3.63, 3.8) is 0 Å². The number of nitrogens with zero attached hydrogens (tertiary/aromatic N) is 1. The molecule has 1 rings (SSSR count). The van der Waals surface area contributed by atoms with Gasteiger partial charge in [-0.15, -0.1) is 0 Å². The second-order valence-corrected chi connectivity index (χ2v) is 5.41. The lowest BCUT2D eigenvalue weighted by molar-refractivity contribution is -0.133. The highest BCUT2D eigenvalue weighted by atomic mass is 16.2. The zero-order valence-corrected chi connectivity index (χ0v) is 12.0. The fourth-order valence-corrected chi connectivity index (χ4v) is 2.76. The van der Waals surface area contributed by atoms with E-state index in [2.05, 4.69) is 44.8 Å². The number of nitrogens with one attached hydrogen (secondary N) is 1. The molecule has 0 radical (unpaired) electrons. The molecule has 1 aliphatic rings. The van der Waals surface area contributed by atoms with Crippen molar-refractivity contribution in [1.82, 2.24) is 10.2 Å². The van der Waals surface area contributed by atoms with Gasteiger partial charge in [-0.3, -0.25) is 10.1 Å². The van der Waals surface area contributed by atoms with E-state index in [9.17, 15) is 4.79 Å². The van der Waals surface area contributed by atoms with E-state index in [0.29, 0.717) is 17.9 Å². The molecule has 2 unspecified atom stereocenters. The van der Waals surface area contributed by atoms with E-state index >= 15 is 0 Å². The lowest BCUT2D eigenvalue weighted by Crippen LogP contribution is -2.44. The molecule has 0 aromatic rings. The normalized spacial score (nSPS) is 25.4. The Morgan fingerprint density at radius 2 is 1.82 bits per heavy atom. The van der Waals surface area contributed by atoms with Gasteiger partial charge in [0, 0.05) is 6.04 Å². The van der Waals surface area contributed by atoms with Crippen molar-refractivity contribution in [3.05, 3.63) is 0 Å². The van der Waals surface area contributed by atoms with E-state index < -0.39 is 0 Å². The van der Waals surface area contributed by atoms with Gasteiger partial charge in [-0.25, -0.2) is 0 Å². The Morgan fingerprint density at radius 3 is 2.24 bits per heavy atom. The van der Waals surface area contributed by atoms with E-state index in [1.807, 2.05) is 0 Å². The average Bonchev–Trinajstić information content (AvgIpc) is 2.60. The molecule has 0 aliphatic carbocycles. The van der Waals surface area contributed by atoms with Gasteiger partial charge < -0.3 is 4.90 Å². The third kappa shape index (κ3) is 3.01. The van der Waals surface area contributed by atoms with Gasteiger partial charge in [-0.1, -0.05) is 41.0 Å². The van der Waals surface area contributed by atoms with E-state index in [4.69, 9.17) is 0 Å². The van der Waals surface area contributed by atoms with Crippen LogP contribution in [0.5, 0.6) is 0 Å². The number of hydrogen-bond donors (Lipinski definition) is 1. The second kappa shape index (κ2) is 6.39. The Morgan fingerprint density at radius 1 is 1.24 bits per heavy atom. The molecule has 1 fully saturated rings. The topological polar surface area (TPSA) is 32.3 Å². The van der Waals surface area contributed by atoms with Crippen LogP contribution in [0, 0.1) is 5.92 Å². The first kappa shape index (κ1) is 14.5. The summed E-state index contributed by atoms with van der Waals surface area (Å²) in [6.07, 6.45) is 4.53. The van der Waals surface area contributed by atoms with Crippen LogP contribution in [0.25, 0.3) is 0 Å². The first-order chi connectivity index (χ1) is 8.06. The van der Waals surface area contributed by atoms with Crippen LogP contribution in [0.4, 0.5) is 0 Å². The van der Waals surface area contributed by atoms with Crippen LogP contribution in [0.3, 0.4) is 0 Å². The van der Waals surface area contributed by atoms with Crippen molar-refractivity contribution < 1.29 is 4.79 Å². The van der Waals surface area contributed by atoms with Crippen molar-refractivity contribution in [2.75, 3.05) is 0 Å². The van der Waals surface area contributed by atoms with Crippen LogP contribution in [-0.2, 0) is 4.79 Å². The highest BCUT2D eigenvalue weighted by molar-refractivity contribution is 5.84. The highest BCUT2D eigenvalue weighted by Crippen LogP contribution is 2.24. The van der Waals surface area contributed by atoms with Crippen LogP contribution >= 0.6 is 0 Å². The van der Waals surface area contributed by atoms with Gasteiger partial charge in [-0.05, 0) is 25.2 Å². The summed E-state index contributed by atoms with van der Waals surface area (Å²) in [6.45, 7) is 10.8. The molecule has 0 aromatic carbocycles. The molecule has 3 nitrogen and oxygen atoms in total. The van der Waals surface area contributed by atoms with Gasteiger partial charge in [0.05, 0.1) is 12.2 Å². The number of carbonyl (C=O) groups is 1.